The number of carbonyl (C=O) groups excluding carboxylic acids is 2. The molecule has 2 aromatic carbocycles. The molecule has 3 heterocycles. The standard InChI is InChI=1S/C26H29N7O3/c1-32-9-7-15-12-22(36-3)21(11-16(15)14-32)30-26-28-13-19(23(27)34)24(31-26)29-20-6-4-5-18-17(20)8-10-33(2)25(18)35/h4-6,11-13H,7-10,14H2,1-3H3,(H2,27,34)(H2,28,29,30,31). The van der Waals surface area contributed by atoms with Crippen LogP contribution in [0.25, 0.3) is 0 Å². The third kappa shape index (κ3) is 4.42. The number of aromatic nitrogens is 2. The molecule has 2 amide bonds. The van der Waals surface area contributed by atoms with Gasteiger partial charge in [-0.15, -0.1) is 0 Å². The van der Waals surface area contributed by atoms with Gasteiger partial charge in [0.1, 0.15) is 17.1 Å². The van der Waals surface area contributed by atoms with Crippen molar-refractivity contribution in [3.8, 4) is 5.75 Å². The summed E-state index contributed by atoms with van der Waals surface area (Å²) in [6, 6.07) is 9.57. The minimum absolute atomic E-state index is 0.0368. The maximum atomic E-state index is 12.6. The number of rotatable bonds is 6. The van der Waals surface area contributed by atoms with Crippen molar-refractivity contribution in [1.29, 1.82) is 0 Å². The van der Waals surface area contributed by atoms with Gasteiger partial charge in [0.05, 0.1) is 12.8 Å². The number of nitrogens with one attached hydrogen (secondary N) is 2. The number of anilines is 4. The van der Waals surface area contributed by atoms with Crippen LogP contribution in [0.3, 0.4) is 0 Å². The Bertz CT molecular complexity index is 1360. The van der Waals surface area contributed by atoms with Gasteiger partial charge in [0.25, 0.3) is 11.8 Å². The number of amides is 2. The summed E-state index contributed by atoms with van der Waals surface area (Å²) in [4.78, 5) is 37.6. The highest BCUT2D eigenvalue weighted by Gasteiger charge is 2.24. The number of benzene rings is 2. The van der Waals surface area contributed by atoms with Crippen LogP contribution in [-0.4, -0.2) is 65.9 Å². The number of likely N-dealkylation sites (N-methyl/N-ethyl adjacent to an activating group) is 2. The zero-order chi connectivity index (χ0) is 25.4. The Morgan fingerprint density at radius 2 is 1.92 bits per heavy atom. The van der Waals surface area contributed by atoms with Crippen molar-refractivity contribution in [2.24, 2.45) is 5.73 Å². The van der Waals surface area contributed by atoms with Gasteiger partial charge >= 0.3 is 0 Å². The molecule has 0 bridgehead atoms. The van der Waals surface area contributed by atoms with E-state index in [-0.39, 0.29) is 23.2 Å². The molecule has 3 aromatic rings. The number of ether oxygens (including phenoxy) is 1. The van der Waals surface area contributed by atoms with Gasteiger partial charge in [0.15, 0.2) is 0 Å². The molecule has 10 heteroatoms. The van der Waals surface area contributed by atoms with Crippen molar-refractivity contribution in [3.63, 3.8) is 0 Å². The predicted octanol–water partition coefficient (Wildman–Crippen LogP) is 2.69. The summed E-state index contributed by atoms with van der Waals surface area (Å²) in [7, 11) is 5.51. The molecule has 0 saturated carbocycles. The Kier molecular flexibility index (Phi) is 6.19. The molecule has 1 aromatic heterocycles. The minimum Gasteiger partial charge on any atom is -0.495 e. The lowest BCUT2D eigenvalue weighted by molar-refractivity contribution is 0.0781. The topological polar surface area (TPSA) is 126 Å². The van der Waals surface area contributed by atoms with Crippen LogP contribution in [0, 0.1) is 0 Å². The summed E-state index contributed by atoms with van der Waals surface area (Å²) < 4.78 is 5.62. The molecule has 186 valence electrons. The third-order valence-corrected chi connectivity index (χ3v) is 6.73. The molecular formula is C26H29N7O3. The highest BCUT2D eigenvalue weighted by atomic mass is 16.5. The van der Waals surface area contributed by atoms with E-state index in [2.05, 4.69) is 38.6 Å². The number of hydrogen-bond donors (Lipinski definition) is 3. The Morgan fingerprint density at radius 1 is 1.08 bits per heavy atom. The van der Waals surface area contributed by atoms with Gasteiger partial charge in [0.2, 0.25) is 5.95 Å². The smallest absolute Gasteiger partial charge is 0.254 e. The molecule has 4 N–H and O–H groups in total. The van der Waals surface area contributed by atoms with E-state index in [1.807, 2.05) is 12.1 Å². The molecule has 2 aliphatic heterocycles. The highest BCUT2D eigenvalue weighted by molar-refractivity contribution is 6.00. The van der Waals surface area contributed by atoms with E-state index in [9.17, 15) is 9.59 Å². The monoisotopic (exact) mass is 487 g/mol. The van der Waals surface area contributed by atoms with Crippen LogP contribution in [0.15, 0.2) is 36.5 Å². The summed E-state index contributed by atoms with van der Waals surface area (Å²) in [5, 5.41) is 6.46. The first-order valence-electron chi connectivity index (χ1n) is 11.8. The zero-order valence-corrected chi connectivity index (χ0v) is 20.6. The number of primary amides is 1. The van der Waals surface area contributed by atoms with Crippen molar-refractivity contribution in [3.05, 3.63) is 64.3 Å². The molecule has 0 spiro atoms. The second-order valence-electron chi connectivity index (χ2n) is 9.19. The van der Waals surface area contributed by atoms with Crippen LogP contribution >= 0.6 is 0 Å². The largest absolute Gasteiger partial charge is 0.495 e. The molecule has 0 saturated heterocycles. The van der Waals surface area contributed by atoms with E-state index >= 15 is 0 Å². The van der Waals surface area contributed by atoms with Crippen LogP contribution in [0.1, 0.15) is 37.4 Å². The van der Waals surface area contributed by atoms with Crippen molar-refractivity contribution in [1.82, 2.24) is 19.8 Å². The summed E-state index contributed by atoms with van der Waals surface area (Å²) in [6.45, 7) is 2.45. The van der Waals surface area contributed by atoms with Gasteiger partial charge in [-0.05, 0) is 60.8 Å². The fourth-order valence-electron chi connectivity index (χ4n) is 4.72. The molecule has 2 aliphatic rings. The van der Waals surface area contributed by atoms with E-state index in [1.54, 1.807) is 31.2 Å². The first-order valence-corrected chi connectivity index (χ1v) is 11.8. The number of carbonyl (C=O) groups is 2. The highest BCUT2D eigenvalue weighted by Crippen LogP contribution is 2.34. The number of methoxy groups -OCH3 is 1. The predicted molar refractivity (Wildman–Crippen MR) is 137 cm³/mol. The lowest BCUT2D eigenvalue weighted by Gasteiger charge is -2.27. The summed E-state index contributed by atoms with van der Waals surface area (Å²) in [6.07, 6.45) is 3.04. The quantitative estimate of drug-likeness (QED) is 0.485. The lowest BCUT2D eigenvalue weighted by Crippen LogP contribution is -2.34. The van der Waals surface area contributed by atoms with E-state index in [4.69, 9.17) is 10.5 Å². The van der Waals surface area contributed by atoms with Gasteiger partial charge in [-0.1, -0.05) is 6.07 Å². The second kappa shape index (κ2) is 9.46. The van der Waals surface area contributed by atoms with Crippen molar-refractivity contribution in [2.45, 2.75) is 19.4 Å². The molecular weight excluding hydrogens is 458 g/mol. The number of fused-ring (bicyclic) bond motifs is 2. The van der Waals surface area contributed by atoms with Gasteiger partial charge in [-0.3, -0.25) is 9.59 Å². The van der Waals surface area contributed by atoms with E-state index in [0.717, 1.165) is 30.8 Å². The molecule has 10 nitrogen and oxygen atoms in total. The van der Waals surface area contributed by atoms with Crippen LogP contribution in [0.4, 0.5) is 23.1 Å². The molecule has 5 rings (SSSR count). The fraction of sp³-hybridized carbons (Fsp3) is 0.308. The molecule has 0 fully saturated rings. The summed E-state index contributed by atoms with van der Waals surface area (Å²) in [5.74, 6) is 0.543. The number of nitrogens with zero attached hydrogens (tertiary/aromatic N) is 4. The molecule has 0 aliphatic carbocycles. The average Bonchev–Trinajstić information content (AvgIpc) is 2.86. The van der Waals surface area contributed by atoms with Gasteiger partial charge in [-0.25, -0.2) is 4.98 Å². The maximum absolute atomic E-state index is 12.6. The second-order valence-corrected chi connectivity index (χ2v) is 9.19. The molecule has 0 radical (unpaired) electrons. The van der Waals surface area contributed by atoms with Crippen molar-refractivity contribution in [2.75, 3.05) is 44.9 Å². The van der Waals surface area contributed by atoms with Gasteiger partial charge < -0.3 is 30.9 Å². The average molecular weight is 488 g/mol. The van der Waals surface area contributed by atoms with E-state index < -0.39 is 5.91 Å². The van der Waals surface area contributed by atoms with Crippen LogP contribution in [-0.2, 0) is 19.4 Å². The lowest BCUT2D eigenvalue weighted by atomic mass is 9.97. The Morgan fingerprint density at radius 3 is 2.69 bits per heavy atom. The molecule has 0 unspecified atom stereocenters. The van der Waals surface area contributed by atoms with Crippen LogP contribution in [0.5, 0.6) is 5.75 Å². The normalized spacial score (nSPS) is 15.2. The maximum Gasteiger partial charge on any atom is 0.254 e. The first kappa shape index (κ1) is 23.6. The Labute approximate surface area is 209 Å². The van der Waals surface area contributed by atoms with Crippen molar-refractivity contribution < 1.29 is 14.3 Å². The minimum atomic E-state index is -0.654. The number of hydrogen-bond acceptors (Lipinski definition) is 8. The third-order valence-electron chi connectivity index (χ3n) is 6.73. The number of nitrogens with two attached hydrogens (primary N) is 1. The zero-order valence-electron chi connectivity index (χ0n) is 20.6. The first-order chi connectivity index (χ1) is 17.3. The van der Waals surface area contributed by atoms with Gasteiger partial charge in [0, 0.05) is 44.1 Å². The summed E-state index contributed by atoms with van der Waals surface area (Å²) >= 11 is 0. The fourth-order valence-corrected chi connectivity index (χ4v) is 4.72. The molecule has 36 heavy (non-hydrogen) atoms. The van der Waals surface area contributed by atoms with Gasteiger partial charge in [-0.2, -0.15) is 4.98 Å². The molecule has 0 atom stereocenters. The van der Waals surface area contributed by atoms with Crippen LogP contribution < -0.4 is 21.1 Å². The van der Waals surface area contributed by atoms with E-state index in [1.165, 1.54) is 17.3 Å². The van der Waals surface area contributed by atoms with E-state index in [0.29, 0.717) is 30.0 Å². The Balaban J connectivity index is 1.49. The SMILES string of the molecule is COc1cc2c(cc1Nc1ncc(C(N)=O)c(Nc3cccc4c3CCN(C)C4=O)n1)CN(C)CC2. The Hall–Kier alpha value is -4.18. The van der Waals surface area contributed by atoms with Crippen molar-refractivity contribution >= 4 is 35.0 Å². The summed E-state index contributed by atoms with van der Waals surface area (Å²) in [5.41, 5.74) is 11.2. The van der Waals surface area contributed by atoms with Crippen LogP contribution in [0.2, 0.25) is 0 Å².